The van der Waals surface area contributed by atoms with Gasteiger partial charge in [0.15, 0.2) is 6.61 Å². The zero-order chi connectivity index (χ0) is 19.8. The Morgan fingerprint density at radius 3 is 2.48 bits per heavy atom. The zero-order valence-corrected chi connectivity index (χ0v) is 16.5. The van der Waals surface area contributed by atoms with Crippen molar-refractivity contribution in [3.8, 4) is 5.75 Å². The Morgan fingerprint density at radius 1 is 1.11 bits per heavy atom. The molecule has 0 bridgehead atoms. The highest BCUT2D eigenvalue weighted by Crippen LogP contribution is 2.18. The van der Waals surface area contributed by atoms with Gasteiger partial charge in [0.1, 0.15) is 11.8 Å². The molecule has 0 aliphatic carbocycles. The smallest absolute Gasteiger partial charge is 0.261 e. The Morgan fingerprint density at radius 2 is 1.85 bits per heavy atom. The zero-order valence-electron chi connectivity index (χ0n) is 16.5. The van der Waals surface area contributed by atoms with E-state index in [1.54, 1.807) is 11.9 Å². The van der Waals surface area contributed by atoms with Crippen LogP contribution in [0, 0.1) is 13.8 Å². The molecule has 2 amide bonds. The fourth-order valence-corrected chi connectivity index (χ4v) is 3.03. The van der Waals surface area contributed by atoms with E-state index in [0.29, 0.717) is 18.7 Å². The van der Waals surface area contributed by atoms with E-state index in [2.05, 4.69) is 5.32 Å². The summed E-state index contributed by atoms with van der Waals surface area (Å²) >= 11 is 0. The molecule has 1 atom stereocenters. The molecule has 27 heavy (non-hydrogen) atoms. The minimum absolute atomic E-state index is 0.107. The molecule has 5 heteroatoms. The average Bonchev–Trinajstić information content (AvgIpc) is 2.66. The Balaban J connectivity index is 2.20. The highest BCUT2D eigenvalue weighted by Gasteiger charge is 2.28. The van der Waals surface area contributed by atoms with Crippen molar-refractivity contribution in [3.63, 3.8) is 0 Å². The first-order chi connectivity index (χ1) is 13.0. The van der Waals surface area contributed by atoms with Gasteiger partial charge in [-0.05, 0) is 37.5 Å². The van der Waals surface area contributed by atoms with Crippen molar-refractivity contribution < 1.29 is 14.3 Å². The van der Waals surface area contributed by atoms with E-state index in [9.17, 15) is 9.59 Å². The third-order valence-corrected chi connectivity index (χ3v) is 4.51. The van der Waals surface area contributed by atoms with Crippen molar-refractivity contribution in [2.45, 2.75) is 39.8 Å². The van der Waals surface area contributed by atoms with Gasteiger partial charge in [-0.2, -0.15) is 0 Å². The number of ether oxygens (including phenoxy) is 1. The van der Waals surface area contributed by atoms with E-state index in [-0.39, 0.29) is 18.4 Å². The molecule has 0 spiro atoms. The van der Waals surface area contributed by atoms with Crippen LogP contribution in [-0.2, 0) is 16.1 Å². The van der Waals surface area contributed by atoms with Gasteiger partial charge in [-0.25, -0.2) is 0 Å². The second kappa shape index (κ2) is 9.76. The predicted molar refractivity (Wildman–Crippen MR) is 107 cm³/mol. The number of benzene rings is 2. The Kier molecular flexibility index (Phi) is 7.41. The third kappa shape index (κ3) is 5.58. The number of carbonyl (C=O) groups is 2. The lowest BCUT2D eigenvalue weighted by atomic mass is 10.1. The molecule has 0 heterocycles. The number of amides is 2. The minimum Gasteiger partial charge on any atom is -0.484 e. The van der Waals surface area contributed by atoms with Crippen LogP contribution >= 0.6 is 0 Å². The molecule has 0 unspecified atom stereocenters. The van der Waals surface area contributed by atoms with Crippen molar-refractivity contribution in [1.29, 1.82) is 0 Å². The maximum Gasteiger partial charge on any atom is 0.261 e. The molecule has 0 aliphatic heterocycles. The largest absolute Gasteiger partial charge is 0.484 e. The first-order valence-electron chi connectivity index (χ1n) is 9.21. The van der Waals surface area contributed by atoms with E-state index < -0.39 is 6.04 Å². The first-order valence-corrected chi connectivity index (χ1v) is 9.21. The summed E-state index contributed by atoms with van der Waals surface area (Å²) in [6.45, 7) is 6.10. The number of hydrogen-bond donors (Lipinski definition) is 1. The van der Waals surface area contributed by atoms with Gasteiger partial charge in [0.2, 0.25) is 5.91 Å². The average molecular weight is 368 g/mol. The van der Waals surface area contributed by atoms with Gasteiger partial charge in [0.25, 0.3) is 5.91 Å². The van der Waals surface area contributed by atoms with Crippen LogP contribution in [0.3, 0.4) is 0 Å². The molecular weight excluding hydrogens is 340 g/mol. The Labute approximate surface area is 161 Å². The second-order valence-corrected chi connectivity index (χ2v) is 6.60. The molecule has 2 rings (SSSR count). The Hall–Kier alpha value is -2.82. The standard InChI is InChI=1S/C22H28N2O3/c1-5-19(22(26)23-4)24(14-18-11-8-9-16(2)13-18)21(25)15-27-20-12-7-6-10-17(20)3/h6-13,19H,5,14-15H2,1-4H3,(H,23,26)/t19-/m1/s1. The van der Waals surface area contributed by atoms with Crippen molar-refractivity contribution in [2.75, 3.05) is 13.7 Å². The molecule has 0 aliphatic rings. The molecule has 2 aromatic rings. The van der Waals surface area contributed by atoms with Crippen LogP contribution in [-0.4, -0.2) is 36.4 Å². The molecule has 1 N–H and O–H groups in total. The number of nitrogens with zero attached hydrogens (tertiary/aromatic N) is 1. The normalized spacial score (nSPS) is 11.6. The van der Waals surface area contributed by atoms with E-state index >= 15 is 0 Å². The van der Waals surface area contributed by atoms with E-state index in [4.69, 9.17) is 4.74 Å². The number of rotatable bonds is 8. The molecule has 144 valence electrons. The van der Waals surface area contributed by atoms with Crippen LogP contribution in [0.5, 0.6) is 5.75 Å². The van der Waals surface area contributed by atoms with Crippen molar-refractivity contribution in [2.24, 2.45) is 0 Å². The minimum atomic E-state index is -0.538. The summed E-state index contributed by atoms with van der Waals surface area (Å²) in [6, 6.07) is 15.0. The van der Waals surface area contributed by atoms with Crippen LogP contribution in [0.4, 0.5) is 0 Å². The maximum absolute atomic E-state index is 13.0. The molecule has 0 saturated carbocycles. The predicted octanol–water partition coefficient (Wildman–Crippen LogP) is 3.24. The van der Waals surface area contributed by atoms with Gasteiger partial charge in [-0.3, -0.25) is 9.59 Å². The van der Waals surface area contributed by atoms with Crippen molar-refractivity contribution >= 4 is 11.8 Å². The van der Waals surface area contributed by atoms with Crippen molar-refractivity contribution in [3.05, 3.63) is 65.2 Å². The summed E-state index contributed by atoms with van der Waals surface area (Å²) in [7, 11) is 1.59. The summed E-state index contributed by atoms with van der Waals surface area (Å²) in [4.78, 5) is 26.9. The molecule has 0 aromatic heterocycles. The molecule has 5 nitrogen and oxygen atoms in total. The number of para-hydroxylation sites is 1. The fourth-order valence-electron chi connectivity index (χ4n) is 3.03. The second-order valence-electron chi connectivity index (χ2n) is 6.60. The Bertz CT molecular complexity index is 789. The van der Waals surface area contributed by atoms with Gasteiger partial charge in [-0.1, -0.05) is 55.0 Å². The van der Waals surface area contributed by atoms with Gasteiger partial charge in [0.05, 0.1) is 0 Å². The van der Waals surface area contributed by atoms with E-state index in [0.717, 1.165) is 16.7 Å². The van der Waals surface area contributed by atoms with Crippen LogP contribution in [0.25, 0.3) is 0 Å². The SMILES string of the molecule is CC[C@H](C(=O)NC)N(Cc1cccc(C)c1)C(=O)COc1ccccc1C. The quantitative estimate of drug-likeness (QED) is 0.778. The lowest BCUT2D eigenvalue weighted by Crippen LogP contribution is -2.49. The maximum atomic E-state index is 13.0. The highest BCUT2D eigenvalue weighted by molar-refractivity contribution is 5.88. The molecule has 0 radical (unpaired) electrons. The summed E-state index contributed by atoms with van der Waals surface area (Å²) in [5.74, 6) is 0.291. The lowest BCUT2D eigenvalue weighted by Gasteiger charge is -2.30. The van der Waals surface area contributed by atoms with Crippen LogP contribution in [0.1, 0.15) is 30.0 Å². The first kappa shape index (κ1) is 20.5. The van der Waals surface area contributed by atoms with Crippen LogP contribution in [0.15, 0.2) is 48.5 Å². The van der Waals surface area contributed by atoms with Crippen molar-refractivity contribution in [1.82, 2.24) is 10.2 Å². The van der Waals surface area contributed by atoms with E-state index in [1.807, 2.05) is 69.3 Å². The summed E-state index contributed by atoms with van der Waals surface area (Å²) in [5, 5.41) is 2.66. The monoisotopic (exact) mass is 368 g/mol. The lowest BCUT2D eigenvalue weighted by molar-refractivity contribution is -0.142. The highest BCUT2D eigenvalue weighted by atomic mass is 16.5. The molecule has 2 aromatic carbocycles. The summed E-state index contributed by atoms with van der Waals surface area (Å²) in [6.07, 6.45) is 0.529. The van der Waals surface area contributed by atoms with Gasteiger partial charge in [0, 0.05) is 13.6 Å². The molecule has 0 fully saturated rings. The topological polar surface area (TPSA) is 58.6 Å². The number of hydrogen-bond acceptors (Lipinski definition) is 3. The summed E-state index contributed by atoms with van der Waals surface area (Å²) in [5.41, 5.74) is 3.07. The third-order valence-electron chi connectivity index (χ3n) is 4.51. The number of likely N-dealkylation sites (N-methyl/N-ethyl adjacent to an activating group) is 1. The van der Waals surface area contributed by atoms with E-state index in [1.165, 1.54) is 0 Å². The van der Waals surface area contributed by atoms with Gasteiger partial charge >= 0.3 is 0 Å². The number of nitrogens with one attached hydrogen (secondary N) is 1. The summed E-state index contributed by atoms with van der Waals surface area (Å²) < 4.78 is 5.73. The molecule has 0 saturated heterocycles. The van der Waals surface area contributed by atoms with Crippen LogP contribution < -0.4 is 10.1 Å². The van der Waals surface area contributed by atoms with Gasteiger partial charge in [-0.15, -0.1) is 0 Å². The van der Waals surface area contributed by atoms with Gasteiger partial charge < -0.3 is 15.0 Å². The molecular formula is C22H28N2O3. The fraction of sp³-hybridized carbons (Fsp3) is 0.364. The van der Waals surface area contributed by atoms with Crippen LogP contribution in [0.2, 0.25) is 0 Å². The number of carbonyl (C=O) groups excluding carboxylic acids is 2. The number of aryl methyl sites for hydroxylation is 2.